The molecule has 0 saturated heterocycles. The van der Waals surface area contributed by atoms with Crippen LogP contribution in [-0.4, -0.2) is 19.8 Å². The van der Waals surface area contributed by atoms with Gasteiger partial charge in [-0.2, -0.15) is 9.61 Å². The van der Waals surface area contributed by atoms with E-state index in [-0.39, 0.29) is 0 Å². The van der Waals surface area contributed by atoms with E-state index in [2.05, 4.69) is 15.3 Å². The summed E-state index contributed by atoms with van der Waals surface area (Å²) in [5, 5.41) is 15.3. The molecule has 0 fully saturated rings. The van der Waals surface area contributed by atoms with Gasteiger partial charge < -0.3 is 4.74 Å². The van der Waals surface area contributed by atoms with Gasteiger partial charge in [0.1, 0.15) is 12.4 Å². The average Bonchev–Trinajstić information content (AvgIpc) is 3.15. The van der Waals surface area contributed by atoms with Crippen LogP contribution >= 0.6 is 46.1 Å². The summed E-state index contributed by atoms with van der Waals surface area (Å²) in [6, 6.07) is 12.4. The first-order chi connectivity index (χ1) is 12.1. The number of ether oxygens (including phenoxy) is 1. The molecule has 0 unspecified atom stereocenters. The molecular weight excluding hydrogens is 403 g/mol. The largest absolute Gasteiger partial charge is 0.486 e. The van der Waals surface area contributed by atoms with Crippen molar-refractivity contribution < 1.29 is 4.74 Å². The second-order valence-electron chi connectivity index (χ2n) is 5.08. The molecule has 126 valence electrons. The molecule has 4 rings (SSSR count). The van der Waals surface area contributed by atoms with Gasteiger partial charge in [0.15, 0.2) is 10.8 Å². The van der Waals surface area contributed by atoms with Gasteiger partial charge in [0.2, 0.25) is 4.96 Å². The summed E-state index contributed by atoms with van der Waals surface area (Å²) in [6.45, 7) is 0.323. The highest BCUT2D eigenvalue weighted by Crippen LogP contribution is 2.30. The number of halogens is 3. The third-order valence-corrected chi connectivity index (χ3v) is 5.05. The molecule has 0 amide bonds. The summed E-state index contributed by atoms with van der Waals surface area (Å²) >= 11 is 19.5. The van der Waals surface area contributed by atoms with Crippen LogP contribution in [0.2, 0.25) is 15.1 Å². The number of hydrogen-bond donors (Lipinski definition) is 0. The lowest BCUT2D eigenvalue weighted by Gasteiger charge is -2.03. The minimum atomic E-state index is 0.323. The third-order valence-electron chi connectivity index (χ3n) is 3.38. The summed E-state index contributed by atoms with van der Waals surface area (Å²) < 4.78 is 7.37. The van der Waals surface area contributed by atoms with Gasteiger partial charge in [0.05, 0.1) is 5.02 Å². The zero-order valence-corrected chi connectivity index (χ0v) is 15.6. The molecule has 2 aromatic heterocycles. The molecule has 9 heteroatoms. The van der Waals surface area contributed by atoms with Crippen LogP contribution in [0, 0.1) is 0 Å². The molecule has 4 aromatic rings. The summed E-state index contributed by atoms with van der Waals surface area (Å²) in [4.78, 5) is 0.663. The van der Waals surface area contributed by atoms with Crippen LogP contribution in [0.15, 0.2) is 42.5 Å². The van der Waals surface area contributed by atoms with Gasteiger partial charge in [-0.1, -0.05) is 46.1 Å². The van der Waals surface area contributed by atoms with Gasteiger partial charge in [-0.3, -0.25) is 0 Å². The van der Waals surface area contributed by atoms with Crippen molar-refractivity contribution in [1.82, 2.24) is 19.8 Å². The van der Waals surface area contributed by atoms with Gasteiger partial charge in [0.25, 0.3) is 0 Å². The highest BCUT2D eigenvalue weighted by Gasteiger charge is 2.16. The number of nitrogens with zero attached hydrogens (tertiary/aromatic N) is 4. The Balaban J connectivity index is 1.60. The van der Waals surface area contributed by atoms with Gasteiger partial charge >= 0.3 is 0 Å². The summed E-state index contributed by atoms with van der Waals surface area (Å²) in [7, 11) is 0. The first-order valence-electron chi connectivity index (χ1n) is 7.15. The molecule has 25 heavy (non-hydrogen) atoms. The lowest BCUT2D eigenvalue weighted by Crippen LogP contribution is -1.97. The number of rotatable bonds is 4. The van der Waals surface area contributed by atoms with Crippen molar-refractivity contribution in [1.29, 1.82) is 0 Å². The molecular formula is C16H9Cl3N4OS. The van der Waals surface area contributed by atoms with Crippen molar-refractivity contribution in [2.24, 2.45) is 0 Å². The second-order valence-corrected chi connectivity index (χ2v) is 7.40. The zero-order chi connectivity index (χ0) is 17.4. The highest BCUT2D eigenvalue weighted by molar-refractivity contribution is 7.16. The molecule has 0 aliphatic carbocycles. The van der Waals surface area contributed by atoms with Crippen LogP contribution in [0.5, 0.6) is 5.75 Å². The molecule has 0 aliphatic rings. The number of fused-ring (bicyclic) bond motifs is 1. The second kappa shape index (κ2) is 6.80. The summed E-state index contributed by atoms with van der Waals surface area (Å²) in [5.41, 5.74) is 0.717. The quantitative estimate of drug-likeness (QED) is 0.451. The molecule has 0 N–H and O–H groups in total. The summed E-state index contributed by atoms with van der Waals surface area (Å²) in [5.74, 6) is 1.28. The fourth-order valence-electron chi connectivity index (χ4n) is 2.23. The minimum Gasteiger partial charge on any atom is -0.486 e. The third kappa shape index (κ3) is 3.43. The molecule has 2 aromatic carbocycles. The Morgan fingerprint density at radius 1 is 0.960 bits per heavy atom. The van der Waals surface area contributed by atoms with Gasteiger partial charge in [-0.05, 0) is 42.5 Å². The molecule has 5 nitrogen and oxygen atoms in total. The smallest absolute Gasteiger partial charge is 0.235 e. The number of hydrogen-bond acceptors (Lipinski definition) is 5. The van der Waals surface area contributed by atoms with Crippen molar-refractivity contribution in [3.8, 4) is 17.1 Å². The highest BCUT2D eigenvalue weighted by atomic mass is 35.5. The van der Waals surface area contributed by atoms with Crippen LogP contribution < -0.4 is 4.74 Å². The van der Waals surface area contributed by atoms with Crippen molar-refractivity contribution in [2.45, 2.75) is 6.61 Å². The predicted octanol–water partition coefficient (Wildman–Crippen LogP) is 5.39. The Hall–Kier alpha value is -1.86. The Kier molecular flexibility index (Phi) is 4.52. The lowest BCUT2D eigenvalue weighted by molar-refractivity contribution is 0.304. The fraction of sp³-hybridized carbons (Fsp3) is 0.0625. The molecule has 0 bridgehead atoms. The van der Waals surface area contributed by atoms with Gasteiger partial charge in [-0.25, -0.2) is 0 Å². The van der Waals surface area contributed by atoms with Crippen LogP contribution in [-0.2, 0) is 6.61 Å². The van der Waals surface area contributed by atoms with E-state index in [9.17, 15) is 0 Å². The normalized spacial score (nSPS) is 11.2. The maximum Gasteiger partial charge on any atom is 0.235 e. The van der Waals surface area contributed by atoms with E-state index in [1.165, 1.54) is 11.3 Å². The SMILES string of the molecule is Clc1ccc(OCc2nn3c(-c4ccc(Cl)cc4Cl)nnc3s2)cc1. The monoisotopic (exact) mass is 410 g/mol. The maximum absolute atomic E-state index is 6.26. The summed E-state index contributed by atoms with van der Waals surface area (Å²) in [6.07, 6.45) is 0. The minimum absolute atomic E-state index is 0.323. The van der Waals surface area contributed by atoms with E-state index < -0.39 is 0 Å². The first-order valence-corrected chi connectivity index (χ1v) is 9.10. The van der Waals surface area contributed by atoms with E-state index >= 15 is 0 Å². The van der Waals surface area contributed by atoms with Crippen LogP contribution in [0.4, 0.5) is 0 Å². The number of aromatic nitrogens is 4. The zero-order valence-electron chi connectivity index (χ0n) is 12.5. The van der Waals surface area contributed by atoms with E-state index in [0.717, 1.165) is 10.8 Å². The molecule has 0 aliphatic heterocycles. The number of benzene rings is 2. The van der Waals surface area contributed by atoms with Crippen LogP contribution in [0.3, 0.4) is 0 Å². The van der Waals surface area contributed by atoms with E-state index in [4.69, 9.17) is 39.5 Å². The Morgan fingerprint density at radius 3 is 2.48 bits per heavy atom. The van der Waals surface area contributed by atoms with E-state index in [0.29, 0.717) is 38.0 Å². The van der Waals surface area contributed by atoms with Gasteiger partial charge in [-0.15, -0.1) is 10.2 Å². The van der Waals surface area contributed by atoms with Crippen LogP contribution in [0.25, 0.3) is 16.3 Å². The Bertz CT molecular complexity index is 1050. The molecule has 0 atom stereocenters. The van der Waals surface area contributed by atoms with Crippen molar-refractivity contribution in [3.05, 3.63) is 62.5 Å². The first kappa shape index (κ1) is 16.6. The van der Waals surface area contributed by atoms with Crippen molar-refractivity contribution in [2.75, 3.05) is 0 Å². The Morgan fingerprint density at radius 2 is 1.72 bits per heavy atom. The van der Waals surface area contributed by atoms with Crippen LogP contribution in [0.1, 0.15) is 5.01 Å². The Labute approximate surface area is 161 Å². The lowest BCUT2D eigenvalue weighted by atomic mass is 10.2. The van der Waals surface area contributed by atoms with Crippen molar-refractivity contribution >= 4 is 51.1 Å². The maximum atomic E-state index is 6.26. The van der Waals surface area contributed by atoms with Gasteiger partial charge in [0, 0.05) is 15.6 Å². The van der Waals surface area contributed by atoms with E-state index in [1.807, 2.05) is 12.1 Å². The predicted molar refractivity (Wildman–Crippen MR) is 99.9 cm³/mol. The standard InChI is InChI=1S/C16H9Cl3N4OS/c17-9-1-4-11(5-2-9)24-8-14-22-23-15(20-21-16(23)25-14)12-6-3-10(18)7-13(12)19/h1-7H,8H2. The molecule has 0 saturated carbocycles. The molecule has 2 heterocycles. The van der Waals surface area contributed by atoms with E-state index in [1.54, 1.807) is 34.8 Å². The average molecular weight is 412 g/mol. The van der Waals surface area contributed by atoms with Crippen molar-refractivity contribution in [3.63, 3.8) is 0 Å². The molecule has 0 radical (unpaired) electrons. The fourth-order valence-corrected chi connectivity index (χ4v) is 3.60. The topological polar surface area (TPSA) is 52.3 Å². The molecule has 0 spiro atoms.